The molecule has 0 saturated heterocycles. The van der Waals surface area contributed by atoms with E-state index in [9.17, 15) is 0 Å². The third kappa shape index (κ3) is 3.36. The molecule has 2 aromatic carbocycles. The van der Waals surface area contributed by atoms with Crippen molar-refractivity contribution in [3.8, 4) is 11.5 Å². The summed E-state index contributed by atoms with van der Waals surface area (Å²) in [5.41, 5.74) is 3.08. The highest BCUT2D eigenvalue weighted by atomic mass is 35.5. The summed E-state index contributed by atoms with van der Waals surface area (Å²) in [5, 5.41) is 4.33. The first-order chi connectivity index (χ1) is 11.6. The van der Waals surface area contributed by atoms with Gasteiger partial charge in [0.15, 0.2) is 11.5 Å². The highest BCUT2D eigenvalue weighted by molar-refractivity contribution is 6.28. The van der Waals surface area contributed by atoms with Crippen molar-refractivity contribution in [1.82, 2.24) is 9.97 Å². The molecule has 124 valence electrons. The highest BCUT2D eigenvalue weighted by Crippen LogP contribution is 2.34. The van der Waals surface area contributed by atoms with Crippen LogP contribution in [-0.4, -0.2) is 24.2 Å². The summed E-state index contributed by atoms with van der Waals surface area (Å²) in [6.07, 6.45) is 0. The van der Waals surface area contributed by atoms with Gasteiger partial charge in [-0.05, 0) is 30.2 Å². The van der Waals surface area contributed by atoms with Crippen LogP contribution in [0.25, 0.3) is 10.9 Å². The number of methoxy groups -OCH3 is 2. The molecule has 0 unspecified atom stereocenters. The molecule has 24 heavy (non-hydrogen) atoms. The maximum absolute atomic E-state index is 6.06. The van der Waals surface area contributed by atoms with Crippen molar-refractivity contribution in [3.63, 3.8) is 0 Å². The van der Waals surface area contributed by atoms with Crippen molar-refractivity contribution >= 4 is 28.3 Å². The molecule has 1 N–H and O–H groups in total. The van der Waals surface area contributed by atoms with Gasteiger partial charge in [-0.2, -0.15) is 0 Å². The Balaban J connectivity index is 1.98. The van der Waals surface area contributed by atoms with Crippen LogP contribution in [0.15, 0.2) is 36.4 Å². The monoisotopic (exact) mass is 343 g/mol. The minimum Gasteiger partial charge on any atom is -0.493 e. The molecule has 0 bridgehead atoms. The summed E-state index contributed by atoms with van der Waals surface area (Å²) in [7, 11) is 3.18. The topological polar surface area (TPSA) is 56.3 Å². The van der Waals surface area contributed by atoms with Crippen molar-refractivity contribution < 1.29 is 9.47 Å². The number of anilines is 1. The number of halogens is 1. The van der Waals surface area contributed by atoms with Crippen LogP contribution in [0.4, 0.5) is 5.82 Å². The van der Waals surface area contributed by atoms with Crippen molar-refractivity contribution in [2.45, 2.75) is 13.5 Å². The SMILES string of the molecule is COc1cc2nc(Cl)nc(NCc3ccc(C)cc3)c2cc1OC. The Kier molecular flexibility index (Phi) is 4.71. The summed E-state index contributed by atoms with van der Waals surface area (Å²) in [4.78, 5) is 8.58. The fourth-order valence-corrected chi connectivity index (χ4v) is 2.63. The van der Waals surface area contributed by atoms with E-state index in [2.05, 4.69) is 46.5 Å². The Bertz CT molecular complexity index is 866. The number of nitrogens with one attached hydrogen (secondary N) is 1. The second kappa shape index (κ2) is 6.93. The van der Waals surface area contributed by atoms with Crippen molar-refractivity contribution in [1.29, 1.82) is 0 Å². The lowest BCUT2D eigenvalue weighted by atomic mass is 10.1. The molecule has 0 aliphatic rings. The molecule has 0 aliphatic heterocycles. The summed E-state index contributed by atoms with van der Waals surface area (Å²) >= 11 is 6.06. The minimum atomic E-state index is 0.182. The molecule has 3 aromatic rings. The second-order valence-electron chi connectivity index (χ2n) is 5.40. The summed E-state index contributed by atoms with van der Waals surface area (Å²) in [6, 6.07) is 12.0. The molecule has 6 heteroatoms. The Hall–Kier alpha value is -2.53. The third-order valence-electron chi connectivity index (χ3n) is 3.75. The molecule has 0 aliphatic carbocycles. The van der Waals surface area contributed by atoms with Gasteiger partial charge in [0.1, 0.15) is 5.82 Å². The first-order valence-corrected chi connectivity index (χ1v) is 7.87. The van der Waals surface area contributed by atoms with E-state index in [4.69, 9.17) is 21.1 Å². The summed E-state index contributed by atoms with van der Waals surface area (Å²) in [6.45, 7) is 2.70. The van der Waals surface area contributed by atoms with Gasteiger partial charge >= 0.3 is 0 Å². The van der Waals surface area contributed by atoms with E-state index in [1.807, 2.05) is 6.07 Å². The lowest BCUT2D eigenvalue weighted by molar-refractivity contribution is 0.356. The first-order valence-electron chi connectivity index (χ1n) is 7.49. The molecular formula is C18H18ClN3O2. The molecule has 1 aromatic heterocycles. The fourth-order valence-electron chi connectivity index (χ4n) is 2.45. The number of hydrogen-bond donors (Lipinski definition) is 1. The van der Waals surface area contributed by atoms with Gasteiger partial charge in [-0.25, -0.2) is 9.97 Å². The van der Waals surface area contributed by atoms with E-state index in [-0.39, 0.29) is 5.28 Å². The van der Waals surface area contributed by atoms with Crippen LogP contribution < -0.4 is 14.8 Å². The number of benzene rings is 2. The van der Waals surface area contributed by atoms with Crippen molar-refractivity contribution in [2.75, 3.05) is 19.5 Å². The molecule has 1 heterocycles. The van der Waals surface area contributed by atoms with Gasteiger partial charge in [-0.3, -0.25) is 0 Å². The average Bonchev–Trinajstić information content (AvgIpc) is 2.59. The molecule has 0 fully saturated rings. The summed E-state index contributed by atoms with van der Waals surface area (Å²) < 4.78 is 10.7. The zero-order chi connectivity index (χ0) is 17.1. The van der Waals surface area contributed by atoms with Gasteiger partial charge in [0.05, 0.1) is 19.7 Å². The smallest absolute Gasteiger partial charge is 0.224 e. The van der Waals surface area contributed by atoms with Crippen LogP contribution in [0.2, 0.25) is 5.28 Å². The van der Waals surface area contributed by atoms with E-state index >= 15 is 0 Å². The lowest BCUT2D eigenvalue weighted by Crippen LogP contribution is -2.04. The van der Waals surface area contributed by atoms with Gasteiger partial charge in [-0.1, -0.05) is 29.8 Å². The summed E-state index contributed by atoms with van der Waals surface area (Å²) in [5.74, 6) is 1.88. The van der Waals surface area contributed by atoms with Crippen LogP contribution in [0.3, 0.4) is 0 Å². The number of aromatic nitrogens is 2. The Morgan fingerprint density at radius 1 is 1.00 bits per heavy atom. The highest BCUT2D eigenvalue weighted by Gasteiger charge is 2.12. The van der Waals surface area contributed by atoms with E-state index in [1.165, 1.54) is 5.56 Å². The Labute approximate surface area is 145 Å². The van der Waals surface area contributed by atoms with Crippen LogP contribution >= 0.6 is 11.6 Å². The molecule has 0 atom stereocenters. The number of hydrogen-bond acceptors (Lipinski definition) is 5. The number of aryl methyl sites for hydroxylation is 1. The van der Waals surface area contributed by atoms with Crippen LogP contribution in [0.5, 0.6) is 11.5 Å². The lowest BCUT2D eigenvalue weighted by Gasteiger charge is -2.13. The van der Waals surface area contributed by atoms with Crippen LogP contribution in [0, 0.1) is 6.92 Å². The average molecular weight is 344 g/mol. The largest absolute Gasteiger partial charge is 0.493 e. The van der Waals surface area contributed by atoms with Gasteiger partial charge in [0, 0.05) is 18.0 Å². The van der Waals surface area contributed by atoms with Gasteiger partial charge in [-0.15, -0.1) is 0 Å². The zero-order valence-corrected chi connectivity index (χ0v) is 14.5. The predicted molar refractivity (Wildman–Crippen MR) is 96.2 cm³/mol. The Morgan fingerprint density at radius 3 is 2.33 bits per heavy atom. The molecular weight excluding hydrogens is 326 g/mol. The van der Waals surface area contributed by atoms with E-state index in [0.717, 1.165) is 10.9 Å². The standard InChI is InChI=1S/C18H18ClN3O2/c1-11-4-6-12(7-5-11)10-20-17-13-8-15(23-2)16(24-3)9-14(13)21-18(19)22-17/h4-9H,10H2,1-3H3,(H,20,21,22). The number of fused-ring (bicyclic) bond motifs is 1. The zero-order valence-electron chi connectivity index (χ0n) is 13.8. The molecule has 0 amide bonds. The minimum absolute atomic E-state index is 0.182. The number of rotatable bonds is 5. The van der Waals surface area contributed by atoms with E-state index in [0.29, 0.717) is 29.4 Å². The number of ether oxygens (including phenoxy) is 2. The van der Waals surface area contributed by atoms with Crippen LogP contribution in [0.1, 0.15) is 11.1 Å². The third-order valence-corrected chi connectivity index (χ3v) is 3.92. The number of nitrogens with zero attached hydrogens (tertiary/aromatic N) is 2. The first kappa shape index (κ1) is 16.3. The molecule has 0 saturated carbocycles. The molecule has 0 radical (unpaired) electrons. The van der Waals surface area contributed by atoms with Crippen LogP contribution in [-0.2, 0) is 6.54 Å². The fraction of sp³-hybridized carbons (Fsp3) is 0.222. The molecule has 3 rings (SSSR count). The molecule has 5 nitrogen and oxygen atoms in total. The molecule has 0 spiro atoms. The van der Waals surface area contributed by atoms with E-state index < -0.39 is 0 Å². The van der Waals surface area contributed by atoms with Gasteiger partial charge in [0.2, 0.25) is 5.28 Å². The maximum atomic E-state index is 6.06. The van der Waals surface area contributed by atoms with Crippen molar-refractivity contribution in [2.24, 2.45) is 0 Å². The van der Waals surface area contributed by atoms with Gasteiger partial charge < -0.3 is 14.8 Å². The normalized spacial score (nSPS) is 10.7. The quantitative estimate of drug-likeness (QED) is 0.703. The van der Waals surface area contributed by atoms with E-state index in [1.54, 1.807) is 20.3 Å². The maximum Gasteiger partial charge on any atom is 0.224 e. The second-order valence-corrected chi connectivity index (χ2v) is 5.74. The van der Waals surface area contributed by atoms with Crippen molar-refractivity contribution in [3.05, 3.63) is 52.8 Å². The van der Waals surface area contributed by atoms with Gasteiger partial charge in [0.25, 0.3) is 0 Å². The predicted octanol–water partition coefficient (Wildman–Crippen LogP) is 4.22. The Morgan fingerprint density at radius 2 is 1.67 bits per heavy atom.